The van der Waals surface area contributed by atoms with Crippen LogP contribution < -0.4 is 0 Å². The number of hydrogen-bond acceptors (Lipinski definition) is 6. The molecule has 0 aliphatic rings. The summed E-state index contributed by atoms with van der Waals surface area (Å²) in [6.45, 7) is 6.51. The topological polar surface area (TPSA) is 78.9 Å². The fraction of sp³-hybridized carbons (Fsp3) is 0.796. The number of ether oxygens (including phenoxy) is 3. The average Bonchev–Trinajstić information content (AvgIpc) is 3.24. The van der Waals surface area contributed by atoms with Crippen LogP contribution in [0.4, 0.5) is 0 Å². The zero-order valence-corrected chi connectivity index (χ0v) is 39.7. The lowest BCUT2D eigenvalue weighted by Gasteiger charge is -2.18. The van der Waals surface area contributed by atoms with Crippen molar-refractivity contribution in [2.24, 2.45) is 0 Å². The maximum absolute atomic E-state index is 12.8. The van der Waals surface area contributed by atoms with Gasteiger partial charge in [0.05, 0.1) is 0 Å². The van der Waals surface area contributed by atoms with E-state index in [0.717, 1.165) is 103 Å². The van der Waals surface area contributed by atoms with E-state index in [9.17, 15) is 14.4 Å². The molecule has 0 amide bonds. The van der Waals surface area contributed by atoms with Gasteiger partial charge in [0.25, 0.3) is 0 Å². The van der Waals surface area contributed by atoms with Crippen molar-refractivity contribution in [2.75, 3.05) is 13.2 Å². The molecular formula is C54H96O6. The van der Waals surface area contributed by atoms with Crippen molar-refractivity contribution < 1.29 is 28.6 Å². The molecule has 0 fully saturated rings. The Morgan fingerprint density at radius 3 is 1.03 bits per heavy atom. The molecule has 1 atom stereocenters. The van der Waals surface area contributed by atoms with Gasteiger partial charge in [-0.1, -0.05) is 211 Å². The fourth-order valence-electron chi connectivity index (χ4n) is 7.22. The largest absolute Gasteiger partial charge is 0.462 e. The molecule has 0 heterocycles. The summed E-state index contributed by atoms with van der Waals surface area (Å²) in [5.74, 6) is -0.901. The van der Waals surface area contributed by atoms with E-state index in [1.807, 2.05) is 0 Å². The van der Waals surface area contributed by atoms with Gasteiger partial charge >= 0.3 is 17.9 Å². The molecule has 6 heteroatoms. The van der Waals surface area contributed by atoms with Crippen molar-refractivity contribution >= 4 is 17.9 Å². The fourth-order valence-corrected chi connectivity index (χ4v) is 7.22. The van der Waals surface area contributed by atoms with E-state index in [-0.39, 0.29) is 31.1 Å². The first-order valence-electron chi connectivity index (χ1n) is 25.6. The third-order valence-electron chi connectivity index (χ3n) is 11.1. The summed E-state index contributed by atoms with van der Waals surface area (Å²) in [6, 6.07) is 0. The van der Waals surface area contributed by atoms with Gasteiger partial charge < -0.3 is 14.2 Å². The van der Waals surface area contributed by atoms with Crippen LogP contribution in [0.3, 0.4) is 0 Å². The zero-order valence-electron chi connectivity index (χ0n) is 39.7. The summed E-state index contributed by atoms with van der Waals surface area (Å²) in [4.78, 5) is 37.9. The summed E-state index contributed by atoms with van der Waals surface area (Å²) >= 11 is 0. The van der Waals surface area contributed by atoms with E-state index in [1.54, 1.807) is 0 Å². The van der Waals surface area contributed by atoms with E-state index in [2.05, 4.69) is 69.4 Å². The molecule has 0 aromatic heterocycles. The lowest BCUT2D eigenvalue weighted by molar-refractivity contribution is -0.167. The highest BCUT2D eigenvalue weighted by atomic mass is 16.6. The molecule has 0 saturated carbocycles. The Morgan fingerprint density at radius 2 is 0.650 bits per heavy atom. The average molecular weight is 841 g/mol. The van der Waals surface area contributed by atoms with Gasteiger partial charge in [-0.3, -0.25) is 14.4 Å². The first kappa shape index (κ1) is 57.4. The molecule has 0 aliphatic heterocycles. The summed E-state index contributed by atoms with van der Waals surface area (Å²) in [5.41, 5.74) is 0. The summed E-state index contributed by atoms with van der Waals surface area (Å²) in [5, 5.41) is 0. The minimum Gasteiger partial charge on any atom is -0.462 e. The molecule has 0 rings (SSSR count). The van der Waals surface area contributed by atoms with Gasteiger partial charge in [0, 0.05) is 19.3 Å². The van der Waals surface area contributed by atoms with Crippen LogP contribution in [0.25, 0.3) is 0 Å². The van der Waals surface area contributed by atoms with Crippen molar-refractivity contribution in [3.05, 3.63) is 48.6 Å². The lowest BCUT2D eigenvalue weighted by Crippen LogP contribution is -2.30. The molecule has 0 aromatic carbocycles. The summed E-state index contributed by atoms with van der Waals surface area (Å²) in [6.07, 6.45) is 58.0. The Bertz CT molecular complexity index is 1060. The molecule has 0 spiro atoms. The van der Waals surface area contributed by atoms with Crippen molar-refractivity contribution in [3.63, 3.8) is 0 Å². The van der Waals surface area contributed by atoms with E-state index < -0.39 is 6.10 Å². The van der Waals surface area contributed by atoms with Crippen LogP contribution in [0.15, 0.2) is 48.6 Å². The maximum Gasteiger partial charge on any atom is 0.306 e. The number of allylic oxidation sites excluding steroid dienone is 8. The molecule has 0 N–H and O–H groups in total. The van der Waals surface area contributed by atoms with Gasteiger partial charge in [-0.25, -0.2) is 0 Å². The van der Waals surface area contributed by atoms with E-state index in [0.29, 0.717) is 19.3 Å². The first-order valence-corrected chi connectivity index (χ1v) is 25.6. The van der Waals surface area contributed by atoms with Gasteiger partial charge in [0.1, 0.15) is 13.2 Å². The predicted octanol–water partition coefficient (Wildman–Crippen LogP) is 16.7. The Hall–Kier alpha value is -2.63. The van der Waals surface area contributed by atoms with Crippen molar-refractivity contribution in [3.8, 4) is 0 Å². The molecule has 0 saturated heterocycles. The normalized spacial score (nSPS) is 12.4. The Kier molecular flexibility index (Phi) is 46.9. The van der Waals surface area contributed by atoms with Gasteiger partial charge in [0.2, 0.25) is 0 Å². The molecule has 0 aliphatic carbocycles. The van der Waals surface area contributed by atoms with Crippen LogP contribution in [0.5, 0.6) is 0 Å². The molecule has 6 nitrogen and oxygen atoms in total. The third kappa shape index (κ3) is 46.4. The van der Waals surface area contributed by atoms with Crippen LogP contribution in [0, 0.1) is 0 Å². The predicted molar refractivity (Wildman–Crippen MR) is 256 cm³/mol. The quantitative estimate of drug-likeness (QED) is 0.0263. The second-order valence-electron chi connectivity index (χ2n) is 17.1. The van der Waals surface area contributed by atoms with Crippen LogP contribution >= 0.6 is 0 Å². The maximum atomic E-state index is 12.8. The second kappa shape index (κ2) is 49.0. The van der Waals surface area contributed by atoms with Crippen molar-refractivity contribution in [1.29, 1.82) is 0 Å². The molecule has 0 bridgehead atoms. The molecule has 1 unspecified atom stereocenters. The number of unbranched alkanes of at least 4 members (excludes halogenated alkanes) is 27. The Morgan fingerprint density at radius 1 is 0.350 bits per heavy atom. The summed E-state index contributed by atoms with van der Waals surface area (Å²) in [7, 11) is 0. The van der Waals surface area contributed by atoms with Gasteiger partial charge in [-0.15, -0.1) is 0 Å². The monoisotopic (exact) mass is 841 g/mol. The van der Waals surface area contributed by atoms with Gasteiger partial charge in [-0.05, 0) is 77.0 Å². The first-order chi connectivity index (χ1) is 29.5. The molecule has 60 heavy (non-hydrogen) atoms. The standard InChI is InChI=1S/C54H96O6/c1-4-7-10-13-16-19-22-24-26-28-29-32-35-38-41-44-47-53(56)59-50-51(49-58-52(55)46-43-40-37-34-31-21-18-15-12-9-6-3)60-54(57)48-45-42-39-36-33-30-27-25-23-20-17-14-11-8-5-2/h8,11,17,20,25-28,51H,4-7,9-10,12-16,18-19,21-24,29-50H2,1-3H3/b11-8-,20-17-,27-25-,28-26-. The lowest BCUT2D eigenvalue weighted by atomic mass is 10.1. The molecular weight excluding hydrogens is 745 g/mol. The number of esters is 3. The highest BCUT2D eigenvalue weighted by Gasteiger charge is 2.19. The Balaban J connectivity index is 4.39. The number of hydrogen-bond donors (Lipinski definition) is 0. The smallest absolute Gasteiger partial charge is 0.306 e. The second-order valence-corrected chi connectivity index (χ2v) is 17.1. The van der Waals surface area contributed by atoms with Crippen LogP contribution in [0.1, 0.15) is 258 Å². The minimum absolute atomic E-state index is 0.0808. The minimum atomic E-state index is -0.781. The highest BCUT2D eigenvalue weighted by molar-refractivity contribution is 5.71. The third-order valence-corrected chi connectivity index (χ3v) is 11.1. The molecule has 0 radical (unpaired) electrons. The van der Waals surface area contributed by atoms with Crippen LogP contribution in [-0.2, 0) is 28.6 Å². The van der Waals surface area contributed by atoms with E-state index in [4.69, 9.17) is 14.2 Å². The van der Waals surface area contributed by atoms with E-state index >= 15 is 0 Å². The highest BCUT2D eigenvalue weighted by Crippen LogP contribution is 2.15. The van der Waals surface area contributed by atoms with Gasteiger partial charge in [-0.2, -0.15) is 0 Å². The summed E-state index contributed by atoms with van der Waals surface area (Å²) < 4.78 is 16.8. The Labute approximate surface area is 371 Å². The molecule has 348 valence electrons. The van der Waals surface area contributed by atoms with Gasteiger partial charge in [0.15, 0.2) is 6.10 Å². The molecule has 0 aromatic rings. The number of carbonyl (C=O) groups is 3. The van der Waals surface area contributed by atoms with Crippen LogP contribution in [-0.4, -0.2) is 37.2 Å². The SMILES string of the molecule is CC/C=C\C/C=C\C/C=C\CCCCCCCC(=O)OC(COC(=O)CCCCCCC/C=C\CCCCCCCCC)COC(=O)CCCCCCCCCCCCC. The number of rotatable bonds is 46. The van der Waals surface area contributed by atoms with Crippen molar-refractivity contribution in [2.45, 2.75) is 264 Å². The van der Waals surface area contributed by atoms with E-state index in [1.165, 1.54) is 116 Å². The van der Waals surface area contributed by atoms with Crippen LogP contribution in [0.2, 0.25) is 0 Å². The number of carbonyl (C=O) groups excluding carboxylic acids is 3. The van der Waals surface area contributed by atoms with Crippen molar-refractivity contribution in [1.82, 2.24) is 0 Å². The zero-order chi connectivity index (χ0) is 43.7.